The summed E-state index contributed by atoms with van der Waals surface area (Å²) in [5.74, 6) is -1.29. The maximum Gasteiger partial charge on any atom is 0.420 e. The fourth-order valence-electron chi connectivity index (χ4n) is 2.21. The maximum atomic E-state index is 12.3. The zero-order valence-electron chi connectivity index (χ0n) is 14.1. The monoisotopic (exact) mass is 353 g/mol. The highest BCUT2D eigenvalue weighted by Crippen LogP contribution is 2.18. The topological polar surface area (TPSA) is 84.5 Å². The molecule has 0 aliphatic carbocycles. The van der Waals surface area contributed by atoms with E-state index < -0.39 is 5.76 Å². The Bertz CT molecular complexity index is 832. The number of nitrogens with zero attached hydrogens (tertiary/aromatic N) is 2. The second-order valence-electron chi connectivity index (χ2n) is 6.61. The first-order valence-electron chi connectivity index (χ1n) is 7.41. The summed E-state index contributed by atoms with van der Waals surface area (Å²) in [6, 6.07) is 4.74. The van der Waals surface area contributed by atoms with Gasteiger partial charge in [0.2, 0.25) is 11.8 Å². The molecule has 2 rings (SSSR count). The van der Waals surface area contributed by atoms with Gasteiger partial charge in [-0.2, -0.15) is 0 Å². The van der Waals surface area contributed by atoms with Gasteiger partial charge in [-0.15, -0.1) is 0 Å². The van der Waals surface area contributed by atoms with E-state index in [2.05, 4.69) is 5.32 Å². The van der Waals surface area contributed by atoms with Gasteiger partial charge in [-0.25, -0.2) is 4.79 Å². The van der Waals surface area contributed by atoms with Crippen molar-refractivity contribution in [1.82, 2.24) is 14.8 Å². The number of hydrogen-bond acceptors (Lipinski definition) is 4. The van der Waals surface area contributed by atoms with Crippen LogP contribution in [0.25, 0.3) is 11.1 Å². The fourth-order valence-corrected chi connectivity index (χ4v) is 2.37. The summed E-state index contributed by atoms with van der Waals surface area (Å²) in [6.45, 7) is 5.26. The van der Waals surface area contributed by atoms with Crippen molar-refractivity contribution in [3.05, 3.63) is 33.8 Å². The van der Waals surface area contributed by atoms with Gasteiger partial charge >= 0.3 is 5.76 Å². The van der Waals surface area contributed by atoms with Crippen molar-refractivity contribution in [3.8, 4) is 0 Å². The van der Waals surface area contributed by atoms with Crippen LogP contribution in [-0.2, 0) is 16.1 Å². The number of carbonyl (C=O) groups excluding carboxylic acids is 2. The predicted molar refractivity (Wildman–Crippen MR) is 91.0 cm³/mol. The van der Waals surface area contributed by atoms with E-state index in [4.69, 9.17) is 16.0 Å². The summed E-state index contributed by atoms with van der Waals surface area (Å²) in [5, 5.41) is 3.21. The van der Waals surface area contributed by atoms with Crippen LogP contribution in [0.5, 0.6) is 0 Å². The number of oxazole rings is 1. The van der Waals surface area contributed by atoms with Gasteiger partial charge < -0.3 is 14.6 Å². The lowest BCUT2D eigenvalue weighted by Crippen LogP contribution is -2.47. The van der Waals surface area contributed by atoms with Gasteiger partial charge in [0.05, 0.1) is 12.1 Å². The molecule has 0 saturated heterocycles. The number of carbonyl (C=O) groups is 2. The van der Waals surface area contributed by atoms with Crippen LogP contribution in [0.4, 0.5) is 0 Å². The van der Waals surface area contributed by atoms with Gasteiger partial charge in [0.15, 0.2) is 5.58 Å². The number of likely N-dealkylation sites (N-methyl/N-ethyl adjacent to an activating group) is 1. The third-order valence-electron chi connectivity index (χ3n) is 3.24. The molecular weight excluding hydrogens is 334 g/mol. The Kier molecular flexibility index (Phi) is 5.03. The molecule has 24 heavy (non-hydrogen) atoms. The highest BCUT2D eigenvalue weighted by atomic mass is 35.5. The summed E-state index contributed by atoms with van der Waals surface area (Å²) in [7, 11) is 1.51. The van der Waals surface area contributed by atoms with E-state index >= 15 is 0 Å². The Morgan fingerprint density at radius 1 is 1.33 bits per heavy atom. The number of hydrogen-bond donors (Lipinski definition) is 1. The molecule has 0 atom stereocenters. The van der Waals surface area contributed by atoms with E-state index in [1.165, 1.54) is 22.6 Å². The van der Waals surface area contributed by atoms with Gasteiger partial charge in [0.25, 0.3) is 0 Å². The minimum atomic E-state index is -0.645. The summed E-state index contributed by atoms with van der Waals surface area (Å²) >= 11 is 5.86. The lowest BCUT2D eigenvalue weighted by Gasteiger charge is -2.23. The van der Waals surface area contributed by atoms with Crippen LogP contribution in [0.1, 0.15) is 20.8 Å². The van der Waals surface area contributed by atoms with Crippen LogP contribution in [0, 0.1) is 0 Å². The van der Waals surface area contributed by atoms with Crippen LogP contribution >= 0.6 is 11.6 Å². The summed E-state index contributed by atoms with van der Waals surface area (Å²) in [5.41, 5.74) is 0.413. The molecule has 1 aromatic carbocycles. The van der Waals surface area contributed by atoms with Crippen LogP contribution in [0.3, 0.4) is 0 Å². The third-order valence-corrected chi connectivity index (χ3v) is 3.48. The molecule has 0 radical (unpaired) electrons. The zero-order valence-corrected chi connectivity index (χ0v) is 14.8. The minimum absolute atomic E-state index is 0.0908. The molecule has 0 fully saturated rings. The SMILES string of the molecule is CN(CC(=O)NC(C)(C)C)C(=O)Cn1c(=O)oc2cc(Cl)ccc21. The molecule has 1 aromatic heterocycles. The van der Waals surface area contributed by atoms with Crippen molar-refractivity contribution < 1.29 is 14.0 Å². The molecule has 0 aliphatic rings. The summed E-state index contributed by atoms with van der Waals surface area (Å²) < 4.78 is 6.29. The molecule has 2 amide bonds. The molecular formula is C16H20ClN3O4. The van der Waals surface area contributed by atoms with Gasteiger partial charge in [-0.3, -0.25) is 14.2 Å². The lowest BCUT2D eigenvalue weighted by molar-refractivity contribution is -0.135. The van der Waals surface area contributed by atoms with E-state index in [-0.39, 0.29) is 30.4 Å². The first-order valence-corrected chi connectivity index (χ1v) is 7.78. The van der Waals surface area contributed by atoms with Crippen molar-refractivity contribution in [1.29, 1.82) is 0 Å². The lowest BCUT2D eigenvalue weighted by atomic mass is 10.1. The Balaban J connectivity index is 2.11. The fraction of sp³-hybridized carbons (Fsp3) is 0.438. The number of nitrogens with one attached hydrogen (secondary N) is 1. The molecule has 8 heteroatoms. The van der Waals surface area contributed by atoms with Crippen LogP contribution in [0.2, 0.25) is 5.02 Å². The zero-order chi connectivity index (χ0) is 18.1. The molecule has 0 bridgehead atoms. The van der Waals surface area contributed by atoms with E-state index in [1.807, 2.05) is 20.8 Å². The molecule has 0 aliphatic heterocycles. The van der Waals surface area contributed by atoms with Crippen LogP contribution in [-0.4, -0.2) is 40.4 Å². The van der Waals surface area contributed by atoms with E-state index in [0.717, 1.165) is 0 Å². The van der Waals surface area contributed by atoms with Gasteiger partial charge in [-0.1, -0.05) is 11.6 Å². The van der Waals surface area contributed by atoms with E-state index in [9.17, 15) is 14.4 Å². The van der Waals surface area contributed by atoms with Crippen molar-refractivity contribution in [3.63, 3.8) is 0 Å². The molecule has 2 aromatic rings. The second kappa shape index (κ2) is 6.68. The minimum Gasteiger partial charge on any atom is -0.408 e. The summed E-state index contributed by atoms with van der Waals surface area (Å²) in [4.78, 5) is 37.4. The molecule has 1 heterocycles. The standard InChI is InChI=1S/C16H20ClN3O4/c1-16(2,3)18-13(21)8-19(4)14(22)9-20-11-6-5-10(17)7-12(11)24-15(20)23/h5-7H,8-9H2,1-4H3,(H,18,21). The quantitative estimate of drug-likeness (QED) is 0.905. The number of amides is 2. The molecule has 7 nitrogen and oxygen atoms in total. The Hall–Kier alpha value is -2.28. The largest absolute Gasteiger partial charge is 0.420 e. The maximum absolute atomic E-state index is 12.3. The van der Waals surface area contributed by atoms with Gasteiger partial charge in [0.1, 0.15) is 6.54 Å². The number of fused-ring (bicyclic) bond motifs is 1. The molecule has 1 N–H and O–H groups in total. The number of halogens is 1. The summed E-state index contributed by atoms with van der Waals surface area (Å²) in [6.07, 6.45) is 0. The average Bonchev–Trinajstić information content (AvgIpc) is 2.71. The van der Waals surface area contributed by atoms with Crippen LogP contribution in [0.15, 0.2) is 27.4 Å². The second-order valence-corrected chi connectivity index (χ2v) is 7.05. The highest BCUT2D eigenvalue weighted by Gasteiger charge is 2.20. The molecule has 0 unspecified atom stereocenters. The number of rotatable bonds is 4. The van der Waals surface area contributed by atoms with Gasteiger partial charge in [0, 0.05) is 23.7 Å². The normalized spacial score (nSPS) is 11.5. The van der Waals surface area contributed by atoms with E-state index in [0.29, 0.717) is 16.1 Å². The van der Waals surface area contributed by atoms with E-state index in [1.54, 1.807) is 12.1 Å². The highest BCUT2D eigenvalue weighted by molar-refractivity contribution is 6.31. The third kappa shape index (κ3) is 4.38. The van der Waals surface area contributed by atoms with Crippen molar-refractivity contribution >= 4 is 34.5 Å². The number of benzene rings is 1. The Morgan fingerprint density at radius 2 is 2.00 bits per heavy atom. The van der Waals surface area contributed by atoms with Crippen LogP contribution < -0.4 is 11.1 Å². The first kappa shape index (κ1) is 18.1. The van der Waals surface area contributed by atoms with Crippen molar-refractivity contribution in [2.75, 3.05) is 13.6 Å². The van der Waals surface area contributed by atoms with Crippen molar-refractivity contribution in [2.45, 2.75) is 32.9 Å². The smallest absolute Gasteiger partial charge is 0.408 e. The predicted octanol–water partition coefficient (Wildman–Crippen LogP) is 1.62. The molecule has 0 saturated carbocycles. The van der Waals surface area contributed by atoms with Crippen molar-refractivity contribution in [2.24, 2.45) is 0 Å². The first-order chi connectivity index (χ1) is 11.1. The Morgan fingerprint density at radius 3 is 2.62 bits per heavy atom. The average molecular weight is 354 g/mol. The van der Waals surface area contributed by atoms with Gasteiger partial charge in [-0.05, 0) is 32.9 Å². The Labute approximate surface area is 144 Å². The number of aromatic nitrogens is 1. The molecule has 0 spiro atoms. The molecule has 130 valence electrons.